The number of hydrazone groups is 1. The van der Waals surface area contributed by atoms with Gasteiger partial charge in [0.1, 0.15) is 5.75 Å². The Morgan fingerprint density at radius 1 is 1.03 bits per heavy atom. The number of rotatable bonds is 9. The Morgan fingerprint density at radius 2 is 1.83 bits per heavy atom. The molecule has 0 fully saturated rings. The highest BCUT2D eigenvalue weighted by Crippen LogP contribution is 2.29. The van der Waals surface area contributed by atoms with Crippen LogP contribution in [0.2, 0.25) is 0 Å². The van der Waals surface area contributed by atoms with Gasteiger partial charge in [0.25, 0.3) is 5.91 Å². The van der Waals surface area contributed by atoms with Gasteiger partial charge in [-0.05, 0) is 72.0 Å². The first-order valence-corrected chi connectivity index (χ1v) is 11.8. The number of amides is 1. The van der Waals surface area contributed by atoms with Gasteiger partial charge in [-0.3, -0.25) is 4.79 Å². The zero-order valence-corrected chi connectivity index (χ0v) is 21.6. The van der Waals surface area contributed by atoms with Crippen molar-refractivity contribution in [1.29, 1.82) is 0 Å². The van der Waals surface area contributed by atoms with Gasteiger partial charge in [-0.1, -0.05) is 48.0 Å². The first-order chi connectivity index (χ1) is 16.8. The van der Waals surface area contributed by atoms with Crippen LogP contribution >= 0.6 is 15.9 Å². The van der Waals surface area contributed by atoms with Crippen molar-refractivity contribution in [2.75, 3.05) is 13.7 Å². The molecule has 0 spiro atoms. The fourth-order valence-electron chi connectivity index (χ4n) is 3.22. The molecule has 0 aliphatic carbocycles. The summed E-state index contributed by atoms with van der Waals surface area (Å²) in [4.78, 5) is 24.6. The number of methoxy groups -OCH3 is 1. The second-order valence-electron chi connectivity index (χ2n) is 8.09. The number of carbonyl (C=O) groups is 2. The molecular formula is C27H27BrN2O5. The van der Waals surface area contributed by atoms with E-state index in [1.54, 1.807) is 36.4 Å². The maximum absolute atomic E-state index is 12.4. The monoisotopic (exact) mass is 538 g/mol. The lowest BCUT2D eigenvalue weighted by molar-refractivity contribution is -0.123. The Bertz CT molecular complexity index is 1240. The summed E-state index contributed by atoms with van der Waals surface area (Å²) >= 11 is 3.34. The van der Waals surface area contributed by atoms with Gasteiger partial charge in [-0.2, -0.15) is 5.10 Å². The van der Waals surface area contributed by atoms with Crippen molar-refractivity contribution >= 4 is 34.0 Å². The number of nitrogens with zero attached hydrogens (tertiary/aromatic N) is 1. The van der Waals surface area contributed by atoms with Crippen molar-refractivity contribution in [3.05, 3.63) is 87.4 Å². The van der Waals surface area contributed by atoms with E-state index in [0.717, 1.165) is 15.6 Å². The van der Waals surface area contributed by atoms with E-state index in [0.29, 0.717) is 22.6 Å². The lowest BCUT2D eigenvalue weighted by Gasteiger charge is -2.14. The third kappa shape index (κ3) is 7.42. The van der Waals surface area contributed by atoms with E-state index in [1.165, 1.54) is 13.3 Å². The molecule has 7 nitrogen and oxygen atoms in total. The van der Waals surface area contributed by atoms with Crippen LogP contribution in [0.5, 0.6) is 17.2 Å². The van der Waals surface area contributed by atoms with Crippen LogP contribution in [0.3, 0.4) is 0 Å². The predicted molar refractivity (Wildman–Crippen MR) is 139 cm³/mol. The molecule has 8 heteroatoms. The summed E-state index contributed by atoms with van der Waals surface area (Å²) in [7, 11) is 1.47. The summed E-state index contributed by atoms with van der Waals surface area (Å²) in [6.07, 6.45) is 1.46. The Hall–Kier alpha value is -3.65. The number of carbonyl (C=O) groups excluding carboxylic acids is 2. The maximum atomic E-state index is 12.4. The highest BCUT2D eigenvalue weighted by atomic mass is 79.9. The van der Waals surface area contributed by atoms with Gasteiger partial charge in [0.2, 0.25) is 0 Å². The lowest BCUT2D eigenvalue weighted by atomic mass is 10.0. The normalized spacial score (nSPS) is 10.9. The molecule has 3 rings (SSSR count). The lowest BCUT2D eigenvalue weighted by Crippen LogP contribution is -2.25. The largest absolute Gasteiger partial charge is 0.493 e. The molecule has 182 valence electrons. The van der Waals surface area contributed by atoms with Crippen LogP contribution < -0.4 is 19.6 Å². The number of halogens is 1. The van der Waals surface area contributed by atoms with E-state index in [1.807, 2.05) is 31.2 Å². The zero-order valence-electron chi connectivity index (χ0n) is 20.0. The van der Waals surface area contributed by atoms with Gasteiger partial charge in [0.15, 0.2) is 18.1 Å². The smallest absolute Gasteiger partial charge is 0.343 e. The number of ether oxygens (including phenoxy) is 3. The zero-order chi connectivity index (χ0) is 25.4. The molecule has 0 aliphatic heterocycles. The summed E-state index contributed by atoms with van der Waals surface area (Å²) < 4.78 is 17.3. The molecule has 1 amide bonds. The molecule has 1 N–H and O–H groups in total. The summed E-state index contributed by atoms with van der Waals surface area (Å²) in [5, 5.41) is 3.98. The van der Waals surface area contributed by atoms with E-state index in [2.05, 4.69) is 40.3 Å². The van der Waals surface area contributed by atoms with Gasteiger partial charge in [-0.15, -0.1) is 0 Å². The van der Waals surface area contributed by atoms with Crippen molar-refractivity contribution in [2.45, 2.75) is 26.7 Å². The average Bonchev–Trinajstić information content (AvgIpc) is 2.83. The van der Waals surface area contributed by atoms with Crippen molar-refractivity contribution < 1.29 is 23.8 Å². The molecule has 0 aliphatic rings. The van der Waals surface area contributed by atoms with Crippen molar-refractivity contribution in [3.63, 3.8) is 0 Å². The first kappa shape index (κ1) is 26.0. The van der Waals surface area contributed by atoms with E-state index >= 15 is 0 Å². The summed E-state index contributed by atoms with van der Waals surface area (Å²) in [5.41, 5.74) is 5.60. The van der Waals surface area contributed by atoms with E-state index < -0.39 is 5.97 Å². The summed E-state index contributed by atoms with van der Waals surface area (Å²) in [6, 6.07) is 17.8. The number of hydrogen-bond donors (Lipinski definition) is 1. The average molecular weight is 539 g/mol. The van der Waals surface area contributed by atoms with Crippen LogP contribution in [0.25, 0.3) is 0 Å². The Morgan fingerprint density at radius 3 is 2.54 bits per heavy atom. The van der Waals surface area contributed by atoms with E-state index in [4.69, 9.17) is 14.2 Å². The second kappa shape index (κ2) is 12.2. The van der Waals surface area contributed by atoms with Crippen LogP contribution in [-0.2, 0) is 4.79 Å². The first-order valence-electron chi connectivity index (χ1n) is 11.0. The number of esters is 1. The maximum Gasteiger partial charge on any atom is 0.343 e. The topological polar surface area (TPSA) is 86.2 Å². The Kier molecular flexibility index (Phi) is 9.03. The molecule has 0 saturated carbocycles. The number of aryl methyl sites for hydroxylation is 1. The molecule has 35 heavy (non-hydrogen) atoms. The minimum atomic E-state index is -0.507. The Labute approximate surface area is 213 Å². The molecule has 0 atom stereocenters. The van der Waals surface area contributed by atoms with Gasteiger partial charge >= 0.3 is 5.97 Å². The van der Waals surface area contributed by atoms with Gasteiger partial charge < -0.3 is 14.2 Å². The van der Waals surface area contributed by atoms with Crippen LogP contribution in [-0.4, -0.2) is 31.8 Å². The second-order valence-corrected chi connectivity index (χ2v) is 9.00. The number of benzene rings is 3. The van der Waals surface area contributed by atoms with Gasteiger partial charge in [-0.25, -0.2) is 10.2 Å². The molecule has 0 bridgehead atoms. The van der Waals surface area contributed by atoms with E-state index in [-0.39, 0.29) is 24.2 Å². The van der Waals surface area contributed by atoms with Gasteiger partial charge in [0.05, 0.1) is 18.9 Å². The standard InChI is InChI=1S/C27H27BrN2O5/c1-17(2)22-10-8-18(3)12-24(22)34-16-26(31)30-29-15-19-9-11-23(25(13-19)33-4)35-27(32)20-6-5-7-21(28)14-20/h5-15,17H,16H2,1-4H3,(H,30,31). The molecule has 0 unspecified atom stereocenters. The Balaban J connectivity index is 1.59. The van der Waals surface area contributed by atoms with Gasteiger partial charge in [0, 0.05) is 4.47 Å². The number of nitrogens with one attached hydrogen (secondary N) is 1. The fourth-order valence-corrected chi connectivity index (χ4v) is 3.62. The molecule has 3 aromatic rings. The molecule has 0 saturated heterocycles. The van der Waals surface area contributed by atoms with Crippen molar-refractivity contribution in [3.8, 4) is 17.2 Å². The molecular weight excluding hydrogens is 512 g/mol. The van der Waals surface area contributed by atoms with E-state index in [9.17, 15) is 9.59 Å². The molecule has 0 radical (unpaired) electrons. The minimum absolute atomic E-state index is 0.158. The van der Waals surface area contributed by atoms with Crippen LogP contribution in [0.4, 0.5) is 0 Å². The SMILES string of the molecule is COc1cc(C=NNC(=O)COc2cc(C)ccc2C(C)C)ccc1OC(=O)c1cccc(Br)c1. The highest BCUT2D eigenvalue weighted by molar-refractivity contribution is 9.10. The van der Waals surface area contributed by atoms with Crippen molar-refractivity contribution in [1.82, 2.24) is 5.43 Å². The quantitative estimate of drug-likeness (QED) is 0.165. The number of hydrogen-bond acceptors (Lipinski definition) is 6. The van der Waals surface area contributed by atoms with Crippen molar-refractivity contribution in [2.24, 2.45) is 5.10 Å². The predicted octanol–water partition coefficient (Wildman–Crippen LogP) is 5.64. The summed E-state index contributed by atoms with van der Waals surface area (Å²) in [6.45, 7) is 5.96. The molecule has 0 aromatic heterocycles. The third-order valence-electron chi connectivity index (χ3n) is 5.00. The summed E-state index contributed by atoms with van der Waals surface area (Å²) in [5.74, 6) is 0.700. The molecule has 3 aromatic carbocycles. The molecule has 0 heterocycles. The highest BCUT2D eigenvalue weighted by Gasteiger charge is 2.13. The fraction of sp³-hybridized carbons (Fsp3) is 0.222. The van der Waals surface area contributed by atoms with Crippen LogP contribution in [0.15, 0.2) is 70.2 Å². The third-order valence-corrected chi connectivity index (χ3v) is 5.50. The van der Waals surface area contributed by atoms with Crippen LogP contribution in [0, 0.1) is 6.92 Å². The van der Waals surface area contributed by atoms with Crippen LogP contribution in [0.1, 0.15) is 46.8 Å². The minimum Gasteiger partial charge on any atom is -0.493 e.